The lowest BCUT2D eigenvalue weighted by Gasteiger charge is -2.11. The van der Waals surface area contributed by atoms with Crippen LogP contribution in [0.5, 0.6) is 0 Å². The van der Waals surface area contributed by atoms with Gasteiger partial charge in [0.2, 0.25) is 0 Å². The molecule has 3 N–H and O–H groups in total. The summed E-state index contributed by atoms with van der Waals surface area (Å²) in [5.74, 6) is 0.186. The van der Waals surface area contributed by atoms with Gasteiger partial charge in [-0.25, -0.2) is 4.98 Å². The fourth-order valence-corrected chi connectivity index (χ4v) is 2.32. The Kier molecular flexibility index (Phi) is 4.77. The maximum atomic E-state index is 11.9. The molecule has 0 aliphatic rings. The summed E-state index contributed by atoms with van der Waals surface area (Å²) in [6.45, 7) is 8.26. The molecule has 0 atom stereocenters. The molecule has 0 aromatic carbocycles. The van der Waals surface area contributed by atoms with Crippen molar-refractivity contribution in [3.63, 3.8) is 0 Å². The van der Waals surface area contributed by atoms with Crippen molar-refractivity contribution >= 4 is 12.7 Å². The maximum absolute atomic E-state index is 11.9. The lowest BCUT2D eigenvalue weighted by Crippen LogP contribution is -2.46. The number of aromatic nitrogens is 4. The maximum Gasteiger partial charge on any atom is 0.272 e. The van der Waals surface area contributed by atoms with Crippen molar-refractivity contribution in [2.45, 2.75) is 32.7 Å². The Morgan fingerprint density at radius 1 is 1.36 bits per heavy atom. The second kappa shape index (κ2) is 6.57. The van der Waals surface area contributed by atoms with E-state index in [0.29, 0.717) is 18.7 Å². The lowest BCUT2D eigenvalue weighted by molar-refractivity contribution is 0.279. The number of aliphatic hydroxyl groups excluding tert-OH is 1. The Morgan fingerprint density at radius 3 is 2.73 bits per heavy atom. The number of hydrogen-bond acceptors (Lipinski definition) is 4. The van der Waals surface area contributed by atoms with Gasteiger partial charge in [0.15, 0.2) is 0 Å². The van der Waals surface area contributed by atoms with E-state index in [1.165, 1.54) is 0 Å². The molecule has 0 amide bonds. The van der Waals surface area contributed by atoms with Crippen LogP contribution in [0.15, 0.2) is 15.9 Å². The van der Waals surface area contributed by atoms with Gasteiger partial charge in [-0.1, -0.05) is 20.4 Å². The van der Waals surface area contributed by atoms with Gasteiger partial charge in [-0.2, -0.15) is 0 Å². The van der Waals surface area contributed by atoms with Crippen molar-refractivity contribution in [3.8, 4) is 0 Å². The molecule has 0 aliphatic carbocycles. The molecule has 7 nitrogen and oxygen atoms in total. The van der Waals surface area contributed by atoms with Gasteiger partial charge in [-0.3, -0.25) is 9.59 Å². The summed E-state index contributed by atoms with van der Waals surface area (Å²) in [5, 5.41) is 9.13. The van der Waals surface area contributed by atoms with E-state index in [9.17, 15) is 9.59 Å². The molecule has 2 aromatic heterocycles. The second-order valence-corrected chi connectivity index (χ2v) is 5.39. The van der Waals surface area contributed by atoms with Crippen LogP contribution >= 0.6 is 0 Å². The molecule has 0 saturated heterocycles. The summed E-state index contributed by atoms with van der Waals surface area (Å²) >= 11 is 0. The Morgan fingerprint density at radius 2 is 2.09 bits per heavy atom. The van der Waals surface area contributed by atoms with Crippen molar-refractivity contribution < 1.29 is 5.11 Å². The number of aliphatic hydroxyl groups is 1. The summed E-state index contributed by atoms with van der Waals surface area (Å²) < 4.78 is 1.95. The fraction of sp³-hybridized carbons (Fsp3) is 0.400. The quantitative estimate of drug-likeness (QED) is 0.659. The number of hydrogen-bond donors (Lipinski definition) is 3. The third kappa shape index (κ3) is 3.25. The zero-order valence-electron chi connectivity index (χ0n) is 12.7. The smallest absolute Gasteiger partial charge is 0.272 e. The van der Waals surface area contributed by atoms with Crippen LogP contribution in [0.4, 0.5) is 0 Å². The molecule has 0 unspecified atom stereocenters. The molecule has 2 aromatic rings. The second-order valence-electron chi connectivity index (χ2n) is 5.39. The van der Waals surface area contributed by atoms with Crippen LogP contribution in [0.3, 0.4) is 0 Å². The molecule has 0 bridgehead atoms. The number of aromatic amines is 2. The first kappa shape index (κ1) is 16.0. The van der Waals surface area contributed by atoms with Crippen LogP contribution in [-0.4, -0.2) is 31.2 Å². The van der Waals surface area contributed by atoms with Gasteiger partial charge in [0.1, 0.15) is 5.35 Å². The summed E-state index contributed by atoms with van der Waals surface area (Å²) in [4.78, 5) is 32.7. The van der Waals surface area contributed by atoms with Gasteiger partial charge in [-0.15, -0.1) is 0 Å². The predicted molar refractivity (Wildman–Crippen MR) is 84.0 cm³/mol. The van der Waals surface area contributed by atoms with Gasteiger partial charge in [0.05, 0.1) is 17.4 Å². The molecular formula is C15H20N4O3. The van der Waals surface area contributed by atoms with Crippen molar-refractivity contribution in [1.82, 2.24) is 19.5 Å². The van der Waals surface area contributed by atoms with E-state index in [0.717, 1.165) is 5.69 Å². The Labute approximate surface area is 126 Å². The van der Waals surface area contributed by atoms with E-state index in [-0.39, 0.29) is 23.2 Å². The largest absolute Gasteiger partial charge is 0.396 e. The zero-order chi connectivity index (χ0) is 16.3. The van der Waals surface area contributed by atoms with Crippen molar-refractivity contribution in [3.05, 3.63) is 49.1 Å². The highest BCUT2D eigenvalue weighted by Crippen LogP contribution is 2.19. The minimum atomic E-state index is -0.434. The van der Waals surface area contributed by atoms with E-state index in [1.807, 2.05) is 18.4 Å². The first-order chi connectivity index (χ1) is 10.4. The summed E-state index contributed by atoms with van der Waals surface area (Å²) in [5.41, 5.74) is 0.735. The molecule has 0 radical (unpaired) electrons. The molecule has 0 saturated carbocycles. The van der Waals surface area contributed by atoms with Gasteiger partial charge >= 0.3 is 0 Å². The molecule has 0 spiro atoms. The van der Waals surface area contributed by atoms with E-state index in [1.54, 1.807) is 12.4 Å². The topological polar surface area (TPSA) is 104 Å². The average molecular weight is 304 g/mol. The fourth-order valence-electron chi connectivity index (χ4n) is 2.32. The van der Waals surface area contributed by atoms with Crippen LogP contribution in [0.25, 0.3) is 12.7 Å². The highest BCUT2D eigenvalue weighted by Gasteiger charge is 2.12. The number of nitrogens with zero attached hydrogens (tertiary/aromatic N) is 2. The zero-order valence-corrected chi connectivity index (χ0v) is 12.7. The molecule has 7 heteroatoms. The molecule has 2 heterocycles. The molecule has 0 fully saturated rings. The van der Waals surface area contributed by atoms with Crippen LogP contribution in [0.2, 0.25) is 0 Å². The molecule has 118 valence electrons. The normalized spacial score (nSPS) is 12.3. The monoisotopic (exact) mass is 304 g/mol. The predicted octanol–water partition coefficient (Wildman–Crippen LogP) is -0.995. The molecule has 0 aliphatic heterocycles. The van der Waals surface area contributed by atoms with E-state index < -0.39 is 11.1 Å². The Balaban J connectivity index is 2.59. The standard InChI is InChI=1S/C15H20N4O3/c1-9(2)13-11(16-8-19(13)5-4-6-20)7-12-15(22)17-10(3)14(21)18-12/h7-9,20H,3-6H2,1-2H3,(H,17,22)(H,18,21). The molecule has 22 heavy (non-hydrogen) atoms. The van der Waals surface area contributed by atoms with Crippen LogP contribution in [0, 0.1) is 0 Å². The van der Waals surface area contributed by atoms with Gasteiger partial charge in [0, 0.05) is 18.8 Å². The third-order valence-corrected chi connectivity index (χ3v) is 3.32. The molecular weight excluding hydrogens is 284 g/mol. The molecule has 2 rings (SSSR count). The van der Waals surface area contributed by atoms with Gasteiger partial charge < -0.3 is 19.6 Å². The average Bonchev–Trinajstić information content (AvgIpc) is 2.85. The number of imidazole rings is 1. The first-order valence-electron chi connectivity index (χ1n) is 7.13. The lowest BCUT2D eigenvalue weighted by atomic mass is 10.1. The summed E-state index contributed by atoms with van der Waals surface area (Å²) in [7, 11) is 0. The number of aryl methyl sites for hydroxylation is 1. The minimum Gasteiger partial charge on any atom is -0.396 e. The van der Waals surface area contributed by atoms with Crippen molar-refractivity contribution in [1.29, 1.82) is 0 Å². The first-order valence-corrected chi connectivity index (χ1v) is 7.13. The summed E-state index contributed by atoms with van der Waals surface area (Å²) in [6, 6.07) is 0. The van der Waals surface area contributed by atoms with E-state index >= 15 is 0 Å². The highest BCUT2D eigenvalue weighted by molar-refractivity contribution is 5.47. The minimum absolute atomic E-state index is 0.0275. The highest BCUT2D eigenvalue weighted by atomic mass is 16.3. The van der Waals surface area contributed by atoms with Gasteiger partial charge in [-0.05, 0) is 18.4 Å². The Bertz CT molecular complexity index is 873. The number of H-pyrrole nitrogens is 2. The SMILES string of the molecule is C=c1[nH]c(=O)c(=Cc2ncn(CCCO)c2C(C)C)[nH]c1=O. The number of rotatable bonds is 5. The van der Waals surface area contributed by atoms with Crippen LogP contribution < -0.4 is 21.8 Å². The van der Waals surface area contributed by atoms with Crippen molar-refractivity contribution in [2.24, 2.45) is 0 Å². The third-order valence-electron chi connectivity index (χ3n) is 3.32. The van der Waals surface area contributed by atoms with Crippen molar-refractivity contribution in [2.75, 3.05) is 6.61 Å². The van der Waals surface area contributed by atoms with E-state index in [4.69, 9.17) is 5.11 Å². The van der Waals surface area contributed by atoms with Gasteiger partial charge in [0.25, 0.3) is 11.1 Å². The van der Waals surface area contributed by atoms with E-state index in [2.05, 4.69) is 21.5 Å². The Hall–Kier alpha value is -2.41. The summed E-state index contributed by atoms with van der Waals surface area (Å²) in [6.07, 6.45) is 3.87. The number of nitrogens with one attached hydrogen (secondary N) is 2. The van der Waals surface area contributed by atoms with Crippen LogP contribution in [0.1, 0.15) is 37.6 Å². The van der Waals surface area contributed by atoms with Crippen LogP contribution in [-0.2, 0) is 6.54 Å².